The van der Waals surface area contributed by atoms with Crippen LogP contribution >= 0.6 is 24.0 Å². The van der Waals surface area contributed by atoms with Crippen LogP contribution in [0.3, 0.4) is 0 Å². The van der Waals surface area contributed by atoms with Crippen molar-refractivity contribution in [3.05, 3.63) is 58.4 Å². The predicted molar refractivity (Wildman–Crippen MR) is 99.3 cm³/mol. The van der Waals surface area contributed by atoms with Crippen LogP contribution in [0.25, 0.3) is 0 Å². The third-order valence-corrected chi connectivity index (χ3v) is 4.62. The fourth-order valence-electron chi connectivity index (χ4n) is 3.03. The third kappa shape index (κ3) is 3.81. The number of aryl methyl sites for hydroxylation is 1. The van der Waals surface area contributed by atoms with Crippen molar-refractivity contribution in [1.29, 1.82) is 0 Å². The molecule has 25 heavy (non-hydrogen) atoms. The van der Waals surface area contributed by atoms with E-state index in [-0.39, 0.29) is 24.4 Å². The van der Waals surface area contributed by atoms with Gasteiger partial charge in [-0.1, -0.05) is 29.8 Å². The van der Waals surface area contributed by atoms with Gasteiger partial charge in [0.05, 0.1) is 11.6 Å². The standard InChI is InChI=1S/C17H19ClN4O2.ClH/c1-21-10-11(16(19)23)8-14(21)17(24)22-7-6-20-9-15(22)12-4-2-3-5-13(12)18;/h2-5,8,10,15,20H,6-7,9H2,1H3,(H2,19,23);1H. The van der Waals surface area contributed by atoms with Crippen molar-refractivity contribution < 1.29 is 9.59 Å². The number of carbonyl (C=O) groups is 2. The van der Waals surface area contributed by atoms with E-state index in [1.807, 2.05) is 24.3 Å². The molecular formula is C17H20Cl2N4O2. The number of piperazine rings is 1. The molecule has 8 heteroatoms. The minimum Gasteiger partial charge on any atom is -0.366 e. The Bertz CT molecular complexity index is 791. The molecule has 2 heterocycles. The number of benzene rings is 1. The Balaban J connectivity index is 0.00000225. The van der Waals surface area contributed by atoms with E-state index in [1.165, 1.54) is 6.07 Å². The lowest BCUT2D eigenvalue weighted by Crippen LogP contribution is -2.49. The lowest BCUT2D eigenvalue weighted by molar-refractivity contribution is 0.0624. The van der Waals surface area contributed by atoms with Crippen molar-refractivity contribution in [2.45, 2.75) is 6.04 Å². The average Bonchev–Trinajstić information content (AvgIpc) is 2.97. The summed E-state index contributed by atoms with van der Waals surface area (Å²) in [5.41, 5.74) is 6.97. The Morgan fingerprint density at radius 2 is 2.04 bits per heavy atom. The Morgan fingerprint density at radius 3 is 2.68 bits per heavy atom. The second-order valence-corrected chi connectivity index (χ2v) is 6.24. The van der Waals surface area contributed by atoms with E-state index in [0.717, 1.165) is 5.56 Å². The summed E-state index contributed by atoms with van der Waals surface area (Å²) in [4.78, 5) is 26.2. The van der Waals surface area contributed by atoms with Crippen LogP contribution in [-0.2, 0) is 7.05 Å². The molecule has 1 aliphatic rings. The number of nitrogens with zero attached hydrogens (tertiary/aromatic N) is 2. The number of hydrogen-bond acceptors (Lipinski definition) is 3. The van der Waals surface area contributed by atoms with Crippen molar-refractivity contribution in [3.63, 3.8) is 0 Å². The summed E-state index contributed by atoms with van der Waals surface area (Å²) in [6, 6.07) is 8.90. The summed E-state index contributed by atoms with van der Waals surface area (Å²) >= 11 is 6.32. The second kappa shape index (κ2) is 7.91. The summed E-state index contributed by atoms with van der Waals surface area (Å²) < 4.78 is 1.63. The molecule has 134 valence electrons. The van der Waals surface area contributed by atoms with Crippen LogP contribution in [0.15, 0.2) is 36.5 Å². The molecule has 0 radical (unpaired) electrons. The van der Waals surface area contributed by atoms with Crippen LogP contribution in [0.2, 0.25) is 5.02 Å². The van der Waals surface area contributed by atoms with Gasteiger partial charge in [-0.15, -0.1) is 12.4 Å². The Hall–Kier alpha value is -2.02. The quantitative estimate of drug-likeness (QED) is 0.851. The highest BCUT2D eigenvalue weighted by atomic mass is 35.5. The van der Waals surface area contributed by atoms with Crippen LogP contribution in [0, 0.1) is 0 Å². The monoisotopic (exact) mass is 382 g/mol. The van der Waals surface area contributed by atoms with Crippen LogP contribution < -0.4 is 11.1 Å². The minimum absolute atomic E-state index is 0. The summed E-state index contributed by atoms with van der Waals surface area (Å²) in [5.74, 6) is -0.691. The lowest BCUT2D eigenvalue weighted by atomic mass is 10.0. The summed E-state index contributed by atoms with van der Waals surface area (Å²) in [5, 5.41) is 3.93. The smallest absolute Gasteiger partial charge is 0.271 e. The first-order chi connectivity index (χ1) is 11.5. The van der Waals surface area contributed by atoms with E-state index >= 15 is 0 Å². The summed E-state index contributed by atoms with van der Waals surface area (Å²) in [6.45, 7) is 1.90. The fourth-order valence-corrected chi connectivity index (χ4v) is 3.29. The van der Waals surface area contributed by atoms with Crippen molar-refractivity contribution in [2.24, 2.45) is 12.8 Å². The zero-order valence-electron chi connectivity index (χ0n) is 13.7. The highest BCUT2D eigenvalue weighted by Gasteiger charge is 2.31. The molecule has 1 aromatic carbocycles. The van der Waals surface area contributed by atoms with Crippen LogP contribution in [0.5, 0.6) is 0 Å². The van der Waals surface area contributed by atoms with E-state index in [4.69, 9.17) is 17.3 Å². The van der Waals surface area contributed by atoms with E-state index in [9.17, 15) is 9.59 Å². The van der Waals surface area contributed by atoms with E-state index in [2.05, 4.69) is 5.32 Å². The van der Waals surface area contributed by atoms with Crippen molar-refractivity contribution in [3.8, 4) is 0 Å². The molecule has 2 aromatic rings. The van der Waals surface area contributed by atoms with Crippen molar-refractivity contribution >= 4 is 35.8 Å². The van der Waals surface area contributed by atoms with Crippen LogP contribution in [0.4, 0.5) is 0 Å². The van der Waals surface area contributed by atoms with Gasteiger partial charge < -0.3 is 20.5 Å². The number of amides is 2. The molecule has 1 aromatic heterocycles. The van der Waals surface area contributed by atoms with Gasteiger partial charge in [-0.3, -0.25) is 9.59 Å². The highest BCUT2D eigenvalue weighted by molar-refractivity contribution is 6.31. The average molecular weight is 383 g/mol. The van der Waals surface area contributed by atoms with Gasteiger partial charge >= 0.3 is 0 Å². The molecule has 2 amide bonds. The fraction of sp³-hybridized carbons (Fsp3) is 0.294. The molecule has 1 atom stereocenters. The molecule has 0 bridgehead atoms. The van der Waals surface area contributed by atoms with Gasteiger partial charge in [-0.2, -0.15) is 0 Å². The first-order valence-electron chi connectivity index (χ1n) is 7.71. The van der Waals surface area contributed by atoms with E-state index < -0.39 is 5.91 Å². The van der Waals surface area contributed by atoms with E-state index in [0.29, 0.717) is 35.9 Å². The molecule has 0 aliphatic carbocycles. The third-order valence-electron chi connectivity index (χ3n) is 4.28. The molecule has 1 aliphatic heterocycles. The molecule has 6 nitrogen and oxygen atoms in total. The number of nitrogens with two attached hydrogens (primary N) is 1. The normalized spacial score (nSPS) is 17.0. The molecule has 1 unspecified atom stereocenters. The van der Waals surface area contributed by atoms with Crippen LogP contribution in [-0.4, -0.2) is 40.9 Å². The second-order valence-electron chi connectivity index (χ2n) is 5.83. The minimum atomic E-state index is -0.549. The number of hydrogen-bond donors (Lipinski definition) is 2. The number of aromatic nitrogens is 1. The van der Waals surface area contributed by atoms with E-state index in [1.54, 1.807) is 22.7 Å². The van der Waals surface area contributed by atoms with Gasteiger partial charge in [0.1, 0.15) is 5.69 Å². The zero-order valence-corrected chi connectivity index (χ0v) is 15.3. The number of halogens is 2. The Labute approximate surface area is 157 Å². The molecule has 1 saturated heterocycles. The molecule has 1 fully saturated rings. The largest absolute Gasteiger partial charge is 0.366 e. The maximum absolute atomic E-state index is 13.0. The zero-order chi connectivity index (χ0) is 17.3. The van der Waals surface area contributed by atoms with Gasteiger partial charge in [0, 0.05) is 37.9 Å². The SMILES string of the molecule is Cl.Cn1cc(C(N)=O)cc1C(=O)N1CCNCC1c1ccccc1Cl. The first kappa shape index (κ1) is 19.3. The predicted octanol–water partition coefficient (Wildman–Crippen LogP) is 1.99. The number of rotatable bonds is 3. The Kier molecular flexibility index (Phi) is 6.11. The number of primary amides is 1. The molecule has 0 saturated carbocycles. The first-order valence-corrected chi connectivity index (χ1v) is 8.09. The van der Waals surface area contributed by atoms with Crippen molar-refractivity contribution in [1.82, 2.24) is 14.8 Å². The van der Waals surface area contributed by atoms with Crippen molar-refractivity contribution in [2.75, 3.05) is 19.6 Å². The van der Waals surface area contributed by atoms with Gasteiger partial charge in [0.25, 0.3) is 5.91 Å². The number of nitrogens with one attached hydrogen (secondary N) is 1. The topological polar surface area (TPSA) is 80.4 Å². The van der Waals surface area contributed by atoms with Gasteiger partial charge in [-0.25, -0.2) is 0 Å². The lowest BCUT2D eigenvalue weighted by Gasteiger charge is -2.37. The number of carbonyl (C=O) groups excluding carboxylic acids is 2. The molecular weight excluding hydrogens is 363 g/mol. The van der Waals surface area contributed by atoms with Crippen LogP contribution in [0.1, 0.15) is 32.5 Å². The molecule has 0 spiro atoms. The van der Waals surface area contributed by atoms with Gasteiger partial charge in [0.15, 0.2) is 0 Å². The molecule has 3 rings (SSSR count). The summed E-state index contributed by atoms with van der Waals surface area (Å²) in [6.07, 6.45) is 1.57. The molecule has 3 N–H and O–H groups in total. The maximum atomic E-state index is 13.0. The van der Waals surface area contributed by atoms with Gasteiger partial charge in [0.2, 0.25) is 5.91 Å². The van der Waals surface area contributed by atoms with Gasteiger partial charge in [-0.05, 0) is 17.7 Å². The maximum Gasteiger partial charge on any atom is 0.271 e. The summed E-state index contributed by atoms with van der Waals surface area (Å²) in [7, 11) is 1.73. The Morgan fingerprint density at radius 1 is 1.32 bits per heavy atom. The highest BCUT2D eigenvalue weighted by Crippen LogP contribution is 2.29.